The minimum absolute atomic E-state index is 0.0343. The van der Waals surface area contributed by atoms with Crippen LogP contribution in [0.3, 0.4) is 0 Å². The van der Waals surface area contributed by atoms with Crippen LogP contribution >= 0.6 is 23.2 Å². The second-order valence-corrected chi connectivity index (χ2v) is 11.8. The van der Waals surface area contributed by atoms with E-state index in [1.54, 1.807) is 44.5 Å². The van der Waals surface area contributed by atoms with Crippen molar-refractivity contribution in [1.29, 1.82) is 0 Å². The molecule has 1 fully saturated rings. The molecule has 46 heavy (non-hydrogen) atoms. The number of benzene rings is 2. The number of methoxy groups -OCH3 is 1. The summed E-state index contributed by atoms with van der Waals surface area (Å²) in [5.74, 6) is 0.357. The van der Waals surface area contributed by atoms with Crippen molar-refractivity contribution >= 4 is 40.6 Å². The molecule has 12 heteroatoms. The van der Waals surface area contributed by atoms with Crippen molar-refractivity contribution in [3.63, 3.8) is 0 Å². The van der Waals surface area contributed by atoms with E-state index in [0.29, 0.717) is 63.0 Å². The van der Waals surface area contributed by atoms with Gasteiger partial charge in [-0.3, -0.25) is 9.78 Å². The Labute approximate surface area is 278 Å². The van der Waals surface area contributed by atoms with Crippen LogP contribution in [0.15, 0.2) is 60.9 Å². The summed E-state index contributed by atoms with van der Waals surface area (Å²) < 4.78 is 20.9. The van der Waals surface area contributed by atoms with Crippen LogP contribution in [-0.4, -0.2) is 65.3 Å². The Kier molecular flexibility index (Phi) is 11.4. The van der Waals surface area contributed by atoms with Crippen LogP contribution in [0.1, 0.15) is 30.9 Å². The van der Waals surface area contributed by atoms with E-state index in [1.807, 2.05) is 29.2 Å². The lowest BCUT2D eigenvalue weighted by Crippen LogP contribution is -2.43. The molecule has 1 saturated heterocycles. The van der Waals surface area contributed by atoms with Gasteiger partial charge in [0.05, 0.1) is 35.1 Å². The average molecular weight is 668 g/mol. The first-order valence-corrected chi connectivity index (χ1v) is 15.9. The van der Waals surface area contributed by atoms with Gasteiger partial charge in [-0.15, -0.1) is 0 Å². The Bertz CT molecular complexity index is 1680. The van der Waals surface area contributed by atoms with Crippen molar-refractivity contribution in [2.75, 3.05) is 38.7 Å². The molecule has 0 bridgehead atoms. The smallest absolute Gasteiger partial charge is 0.219 e. The predicted molar refractivity (Wildman–Crippen MR) is 180 cm³/mol. The van der Waals surface area contributed by atoms with Crippen LogP contribution in [0, 0.1) is 5.82 Å². The molecule has 2 aromatic carbocycles. The van der Waals surface area contributed by atoms with Gasteiger partial charge in [-0.2, -0.15) is 0 Å². The first-order chi connectivity index (χ1) is 22.3. The zero-order valence-corrected chi connectivity index (χ0v) is 27.3. The van der Waals surface area contributed by atoms with E-state index in [-0.39, 0.29) is 24.9 Å². The van der Waals surface area contributed by atoms with E-state index < -0.39 is 5.82 Å². The van der Waals surface area contributed by atoms with Crippen molar-refractivity contribution in [2.45, 2.75) is 38.9 Å². The van der Waals surface area contributed by atoms with Gasteiger partial charge in [-0.1, -0.05) is 47.5 Å². The third kappa shape index (κ3) is 7.76. The van der Waals surface area contributed by atoms with E-state index in [0.717, 1.165) is 37.1 Å². The van der Waals surface area contributed by atoms with Crippen LogP contribution in [0.25, 0.3) is 22.4 Å². The summed E-state index contributed by atoms with van der Waals surface area (Å²) in [4.78, 5) is 22.3. The Morgan fingerprint density at radius 3 is 2.52 bits per heavy atom. The quantitative estimate of drug-likeness (QED) is 0.133. The lowest BCUT2D eigenvalue weighted by atomic mass is 10.0. The largest absolute Gasteiger partial charge is 0.496 e. The molecular weight excluding hydrogens is 630 g/mol. The minimum atomic E-state index is -0.510. The fourth-order valence-electron chi connectivity index (χ4n) is 5.52. The van der Waals surface area contributed by atoms with Crippen molar-refractivity contribution < 1.29 is 19.0 Å². The number of nitrogens with zero attached hydrogens (tertiary/aromatic N) is 3. The highest BCUT2D eigenvalue weighted by Gasteiger charge is 2.21. The van der Waals surface area contributed by atoms with Gasteiger partial charge in [-0.25, -0.2) is 9.37 Å². The van der Waals surface area contributed by atoms with Gasteiger partial charge in [-0.05, 0) is 37.1 Å². The number of anilines is 2. The lowest BCUT2D eigenvalue weighted by Gasteiger charge is -2.32. The molecule has 0 spiro atoms. The maximum absolute atomic E-state index is 15.2. The maximum Gasteiger partial charge on any atom is 0.219 e. The topological polar surface area (TPSA) is 112 Å². The summed E-state index contributed by atoms with van der Waals surface area (Å²) in [5, 5.41) is 19.3. The van der Waals surface area contributed by atoms with Crippen molar-refractivity contribution in [1.82, 2.24) is 25.5 Å². The molecule has 3 heterocycles. The Hall–Kier alpha value is -3.80. The van der Waals surface area contributed by atoms with Crippen LogP contribution in [-0.2, 0) is 17.9 Å². The molecule has 0 aliphatic carbocycles. The molecule has 9 nitrogen and oxygen atoms in total. The van der Waals surface area contributed by atoms with Crippen LogP contribution < -0.4 is 20.7 Å². The number of piperidine rings is 1. The molecule has 0 atom stereocenters. The number of carbonyl (C=O) groups excluding carboxylic acids is 1. The van der Waals surface area contributed by atoms with Gasteiger partial charge < -0.3 is 30.7 Å². The molecule has 242 valence electrons. The number of halogens is 3. The van der Waals surface area contributed by atoms with Crippen molar-refractivity contribution in [2.24, 2.45) is 0 Å². The standard InChI is InChI=1S/C34H37Cl2FN6O3/c1-21(45)43-15-10-25(11-16-43)41-20-23-7-6-22(18-29(23)46-2)33-31(36)27(9-13-39-33)26-4-3-5-28(30(26)35)42-34-32(37)24(8-12-40-34)19-38-14-17-44/h3-9,12-13,18,25,38,41,44H,10-11,14-17,19-20H2,1-2H3,(H,40,42). The average Bonchev–Trinajstić information content (AvgIpc) is 3.07. The number of carbonyl (C=O) groups is 1. The van der Waals surface area contributed by atoms with Crippen LogP contribution in [0.5, 0.6) is 5.75 Å². The third-order valence-electron chi connectivity index (χ3n) is 8.09. The summed E-state index contributed by atoms with van der Waals surface area (Å²) in [6.07, 6.45) is 5.00. The van der Waals surface area contributed by atoms with Crippen molar-refractivity contribution in [3.8, 4) is 28.1 Å². The molecule has 4 N–H and O–H groups in total. The number of likely N-dealkylation sites (tertiary alicyclic amines) is 1. The number of aromatic nitrogens is 2. The second kappa shape index (κ2) is 15.7. The number of hydrogen-bond donors (Lipinski definition) is 4. The number of ether oxygens (including phenoxy) is 1. The molecular formula is C34H37Cl2FN6O3. The SMILES string of the molecule is COc1cc(-c2nccc(-c3cccc(Nc4nccc(CNCCO)c4F)c3Cl)c2Cl)ccc1CNC1CCN(C(C)=O)CC1. The number of nitrogens with one attached hydrogen (secondary N) is 3. The van der Waals surface area contributed by atoms with Gasteiger partial charge in [0.15, 0.2) is 11.6 Å². The summed E-state index contributed by atoms with van der Waals surface area (Å²) in [5.41, 5.74) is 4.54. The minimum Gasteiger partial charge on any atom is -0.496 e. The van der Waals surface area contributed by atoms with Gasteiger partial charge in [0.2, 0.25) is 5.91 Å². The lowest BCUT2D eigenvalue weighted by molar-refractivity contribution is -0.129. The number of aliphatic hydroxyl groups is 1. The maximum atomic E-state index is 15.2. The molecule has 0 radical (unpaired) electrons. The molecule has 0 unspecified atom stereocenters. The Morgan fingerprint density at radius 2 is 1.78 bits per heavy atom. The fraction of sp³-hybridized carbons (Fsp3) is 0.324. The molecule has 5 rings (SSSR count). The molecule has 1 amide bonds. The van der Waals surface area contributed by atoms with E-state index >= 15 is 4.39 Å². The van der Waals surface area contributed by atoms with E-state index in [9.17, 15) is 4.79 Å². The number of hydrogen-bond acceptors (Lipinski definition) is 8. The number of pyridine rings is 2. The Morgan fingerprint density at radius 1 is 1.02 bits per heavy atom. The molecule has 2 aromatic heterocycles. The molecule has 1 aliphatic rings. The van der Waals surface area contributed by atoms with Gasteiger partial charge in [0, 0.05) is 85.9 Å². The van der Waals surface area contributed by atoms with Crippen LogP contribution in [0.2, 0.25) is 10.0 Å². The Balaban J connectivity index is 1.35. The highest BCUT2D eigenvalue weighted by atomic mass is 35.5. The number of amides is 1. The summed E-state index contributed by atoms with van der Waals surface area (Å²) >= 11 is 13.9. The first kappa shape index (κ1) is 33.6. The van der Waals surface area contributed by atoms with E-state index in [4.69, 9.17) is 33.0 Å². The second-order valence-electron chi connectivity index (χ2n) is 11.0. The third-order valence-corrected chi connectivity index (χ3v) is 8.88. The zero-order chi connectivity index (χ0) is 32.6. The summed E-state index contributed by atoms with van der Waals surface area (Å²) in [6, 6.07) is 15.0. The number of aliphatic hydroxyl groups excluding tert-OH is 1. The fourth-order valence-corrected chi connectivity index (χ4v) is 6.12. The summed E-state index contributed by atoms with van der Waals surface area (Å²) in [7, 11) is 1.64. The molecule has 1 aliphatic heterocycles. The van der Waals surface area contributed by atoms with Gasteiger partial charge in [0.25, 0.3) is 0 Å². The predicted octanol–water partition coefficient (Wildman–Crippen LogP) is 6.19. The monoisotopic (exact) mass is 666 g/mol. The van der Waals surface area contributed by atoms with Crippen LogP contribution in [0.4, 0.5) is 15.9 Å². The highest BCUT2D eigenvalue weighted by Crippen LogP contribution is 2.42. The highest BCUT2D eigenvalue weighted by molar-refractivity contribution is 6.39. The van der Waals surface area contributed by atoms with E-state index in [2.05, 4.69) is 25.9 Å². The van der Waals surface area contributed by atoms with Gasteiger partial charge >= 0.3 is 0 Å². The van der Waals surface area contributed by atoms with Crippen molar-refractivity contribution in [3.05, 3.63) is 87.9 Å². The van der Waals surface area contributed by atoms with E-state index in [1.165, 1.54) is 6.20 Å². The number of rotatable bonds is 12. The zero-order valence-electron chi connectivity index (χ0n) is 25.7. The molecule has 4 aromatic rings. The first-order valence-electron chi connectivity index (χ1n) is 15.1. The molecule has 0 saturated carbocycles. The normalized spacial score (nSPS) is 13.6. The van der Waals surface area contributed by atoms with Gasteiger partial charge in [0.1, 0.15) is 5.75 Å². The summed E-state index contributed by atoms with van der Waals surface area (Å²) in [6.45, 7) is 4.32.